The minimum absolute atomic E-state index is 0.0806. The lowest BCUT2D eigenvalue weighted by Crippen LogP contribution is -2.14. The fourth-order valence-electron chi connectivity index (χ4n) is 8.25. The predicted molar refractivity (Wildman–Crippen MR) is 214 cm³/mol. The molecule has 0 N–H and O–H groups in total. The maximum atomic E-state index is 5.21. The summed E-state index contributed by atoms with van der Waals surface area (Å²) in [6, 6.07) is 61.2. The van der Waals surface area contributed by atoms with Crippen LogP contribution in [0, 0.1) is 0 Å². The monoisotopic (exact) mass is 650 g/mol. The van der Waals surface area contributed by atoms with Crippen LogP contribution in [0.5, 0.6) is 0 Å². The highest BCUT2D eigenvalue weighted by molar-refractivity contribution is 6.13. The van der Waals surface area contributed by atoms with Gasteiger partial charge in [-0.25, -0.2) is 9.97 Å². The van der Waals surface area contributed by atoms with Gasteiger partial charge in [-0.05, 0) is 90.0 Å². The van der Waals surface area contributed by atoms with Gasteiger partial charge in [0, 0.05) is 22.1 Å². The van der Waals surface area contributed by atoms with Crippen LogP contribution < -0.4 is 0 Å². The zero-order valence-corrected chi connectivity index (χ0v) is 28.6. The first kappa shape index (κ1) is 29.5. The number of hydrogen-bond acceptors (Lipinski definition) is 2. The van der Waals surface area contributed by atoms with Crippen LogP contribution in [0.1, 0.15) is 25.0 Å². The number of aromatic nitrogens is 2. The van der Waals surface area contributed by atoms with Gasteiger partial charge in [-0.2, -0.15) is 0 Å². The van der Waals surface area contributed by atoms with Crippen molar-refractivity contribution in [1.29, 1.82) is 0 Å². The average Bonchev–Trinajstić information content (AvgIpc) is 3.42. The summed E-state index contributed by atoms with van der Waals surface area (Å²) >= 11 is 0. The van der Waals surface area contributed by atoms with Crippen molar-refractivity contribution in [3.05, 3.63) is 181 Å². The van der Waals surface area contributed by atoms with Crippen LogP contribution in [0.2, 0.25) is 0 Å². The van der Waals surface area contributed by atoms with Gasteiger partial charge in [0.2, 0.25) is 0 Å². The van der Waals surface area contributed by atoms with Crippen LogP contribution in [0.4, 0.5) is 0 Å². The van der Waals surface area contributed by atoms with E-state index in [0.717, 1.165) is 33.9 Å². The number of benzene rings is 8. The van der Waals surface area contributed by atoms with Crippen molar-refractivity contribution in [2.45, 2.75) is 19.3 Å². The van der Waals surface area contributed by atoms with Crippen LogP contribution >= 0.6 is 0 Å². The first-order valence-electron chi connectivity index (χ1n) is 17.7. The normalized spacial score (nSPS) is 13.1. The van der Waals surface area contributed by atoms with E-state index in [2.05, 4.69) is 166 Å². The summed E-state index contributed by atoms with van der Waals surface area (Å²) in [7, 11) is 0. The molecule has 0 saturated heterocycles. The lowest BCUT2D eigenvalue weighted by atomic mass is 9.81. The van der Waals surface area contributed by atoms with E-state index < -0.39 is 0 Å². The van der Waals surface area contributed by atoms with Crippen LogP contribution in [0.3, 0.4) is 0 Å². The van der Waals surface area contributed by atoms with Crippen LogP contribution in [0.15, 0.2) is 170 Å². The second-order valence-electron chi connectivity index (χ2n) is 14.2. The highest BCUT2D eigenvalue weighted by Gasteiger charge is 2.37. The number of fused-ring (bicyclic) bond motifs is 7. The molecule has 9 aromatic rings. The Hall–Kier alpha value is -6.38. The van der Waals surface area contributed by atoms with Crippen molar-refractivity contribution in [1.82, 2.24) is 9.97 Å². The van der Waals surface area contributed by atoms with Gasteiger partial charge in [0.15, 0.2) is 5.82 Å². The minimum atomic E-state index is -0.0806. The Labute approximate surface area is 297 Å². The second kappa shape index (κ2) is 11.3. The molecule has 1 aliphatic carbocycles. The number of rotatable bonds is 4. The highest BCUT2D eigenvalue weighted by Crippen LogP contribution is 2.53. The van der Waals surface area contributed by atoms with E-state index in [0.29, 0.717) is 0 Å². The molecular formula is C49H34N2. The van der Waals surface area contributed by atoms with Crippen LogP contribution in [0.25, 0.3) is 88.5 Å². The second-order valence-corrected chi connectivity index (χ2v) is 14.2. The lowest BCUT2D eigenvalue weighted by molar-refractivity contribution is 0.661. The summed E-state index contributed by atoms with van der Waals surface area (Å²) in [6.07, 6.45) is 0. The van der Waals surface area contributed by atoms with Crippen LogP contribution in [-0.2, 0) is 5.41 Å². The molecule has 1 heterocycles. The molecule has 0 fully saturated rings. The first-order valence-corrected chi connectivity index (χ1v) is 17.7. The van der Waals surface area contributed by atoms with Crippen molar-refractivity contribution in [2.75, 3.05) is 0 Å². The zero-order valence-electron chi connectivity index (χ0n) is 28.6. The van der Waals surface area contributed by atoms with Gasteiger partial charge in [0.05, 0.1) is 11.4 Å². The van der Waals surface area contributed by atoms with E-state index in [1.807, 2.05) is 18.2 Å². The van der Waals surface area contributed by atoms with Crippen LogP contribution in [-0.4, -0.2) is 9.97 Å². The third kappa shape index (κ3) is 4.71. The molecule has 0 aliphatic heterocycles. The van der Waals surface area contributed by atoms with Gasteiger partial charge in [-0.1, -0.05) is 159 Å². The van der Waals surface area contributed by atoms with Crippen molar-refractivity contribution in [2.24, 2.45) is 0 Å². The average molecular weight is 651 g/mol. The van der Waals surface area contributed by atoms with Gasteiger partial charge < -0.3 is 0 Å². The molecule has 0 amide bonds. The summed E-state index contributed by atoms with van der Waals surface area (Å²) in [5.74, 6) is 0.719. The quantitative estimate of drug-likeness (QED) is 0.177. The van der Waals surface area contributed by atoms with Gasteiger partial charge in [0.1, 0.15) is 0 Å². The number of nitrogens with zero attached hydrogens (tertiary/aromatic N) is 2. The molecule has 240 valence electrons. The summed E-state index contributed by atoms with van der Waals surface area (Å²) in [4.78, 5) is 10.4. The molecule has 2 heteroatoms. The largest absolute Gasteiger partial charge is 0.228 e. The molecule has 0 atom stereocenters. The Morgan fingerprint density at radius 3 is 1.76 bits per heavy atom. The molecule has 1 aliphatic rings. The topological polar surface area (TPSA) is 25.8 Å². The molecule has 1 aromatic heterocycles. The Bertz CT molecular complexity index is 2810. The molecule has 2 nitrogen and oxygen atoms in total. The van der Waals surface area contributed by atoms with E-state index >= 15 is 0 Å². The molecule has 10 rings (SSSR count). The molecule has 8 aromatic carbocycles. The Morgan fingerprint density at radius 1 is 0.373 bits per heavy atom. The maximum Gasteiger partial charge on any atom is 0.160 e. The third-order valence-electron chi connectivity index (χ3n) is 10.9. The molecular weight excluding hydrogens is 617 g/mol. The molecule has 0 unspecified atom stereocenters. The molecule has 51 heavy (non-hydrogen) atoms. The zero-order chi connectivity index (χ0) is 34.1. The maximum absolute atomic E-state index is 5.21. The molecule has 0 saturated carbocycles. The highest BCUT2D eigenvalue weighted by atomic mass is 14.9. The fraction of sp³-hybridized carbons (Fsp3) is 0.0612. The van der Waals surface area contributed by atoms with Crippen molar-refractivity contribution < 1.29 is 0 Å². The summed E-state index contributed by atoms with van der Waals surface area (Å²) in [6.45, 7) is 4.71. The number of hydrogen-bond donors (Lipinski definition) is 0. The van der Waals surface area contributed by atoms with E-state index in [4.69, 9.17) is 9.97 Å². The van der Waals surface area contributed by atoms with Gasteiger partial charge in [-0.3, -0.25) is 0 Å². The van der Waals surface area contributed by atoms with Crippen molar-refractivity contribution in [3.63, 3.8) is 0 Å². The Morgan fingerprint density at radius 2 is 0.980 bits per heavy atom. The predicted octanol–water partition coefficient (Wildman–Crippen LogP) is 12.9. The SMILES string of the molecule is CC1(C)c2cc3ccccc3cc2-c2c(-c3ccc(-c4cc(-c5cc6ccccc6c6ccccc56)nc(-c5ccccc5)n4)cc3)cccc21. The molecule has 0 bridgehead atoms. The fourth-order valence-corrected chi connectivity index (χ4v) is 8.25. The molecule has 0 spiro atoms. The minimum Gasteiger partial charge on any atom is -0.228 e. The van der Waals surface area contributed by atoms with Gasteiger partial charge in [0.25, 0.3) is 0 Å². The van der Waals surface area contributed by atoms with Gasteiger partial charge in [-0.15, -0.1) is 0 Å². The van der Waals surface area contributed by atoms with E-state index in [1.165, 1.54) is 65.7 Å². The lowest BCUT2D eigenvalue weighted by Gasteiger charge is -2.22. The summed E-state index contributed by atoms with van der Waals surface area (Å²) in [5, 5.41) is 7.42. The standard InChI is InChI=1S/C49H34N2/c1-49(2)43-22-12-21-38(47(43)42-27-34-15-6-7-16-35(34)29-44(42)49)31-23-25-32(26-24-31)45-30-46(51-48(50-45)33-13-4-3-5-14-33)41-28-36-17-8-9-18-37(36)39-19-10-11-20-40(39)41/h3-30H,1-2H3. The van der Waals surface area contributed by atoms with Gasteiger partial charge >= 0.3 is 0 Å². The van der Waals surface area contributed by atoms with E-state index in [9.17, 15) is 0 Å². The third-order valence-corrected chi connectivity index (χ3v) is 10.9. The Balaban J connectivity index is 1.12. The Kier molecular flexibility index (Phi) is 6.56. The van der Waals surface area contributed by atoms with E-state index in [-0.39, 0.29) is 5.41 Å². The van der Waals surface area contributed by atoms with Crippen molar-refractivity contribution >= 4 is 32.3 Å². The summed E-state index contributed by atoms with van der Waals surface area (Å²) in [5.41, 5.74) is 12.8. The summed E-state index contributed by atoms with van der Waals surface area (Å²) < 4.78 is 0. The van der Waals surface area contributed by atoms with Crippen molar-refractivity contribution in [3.8, 4) is 56.2 Å². The smallest absolute Gasteiger partial charge is 0.160 e. The van der Waals surface area contributed by atoms with E-state index in [1.54, 1.807) is 0 Å². The molecule has 0 radical (unpaired) electrons. The first-order chi connectivity index (χ1) is 25.0.